The summed E-state index contributed by atoms with van der Waals surface area (Å²) in [7, 11) is -3.06. The summed E-state index contributed by atoms with van der Waals surface area (Å²) in [5.74, 6) is 1.17. The molecule has 0 bridgehead atoms. The smallest absolute Gasteiger partial charge is 0.212 e. The Bertz CT molecular complexity index is 321. The van der Waals surface area contributed by atoms with Gasteiger partial charge in [-0.3, -0.25) is 0 Å². The summed E-state index contributed by atoms with van der Waals surface area (Å²) in [5, 5.41) is 0. The van der Waals surface area contributed by atoms with Gasteiger partial charge in [0.25, 0.3) is 0 Å². The highest BCUT2D eigenvalue weighted by atomic mass is 35.5. The van der Waals surface area contributed by atoms with E-state index in [2.05, 4.69) is 0 Å². The number of hydrogen-bond donors (Lipinski definition) is 0. The standard InChI is InChI=1S/C11H20ClNO2S/c12-7-8-13(11-3-1-2-4-11)16(14,15)9-10-5-6-10/h10-11H,1-9H2. The maximum Gasteiger partial charge on any atom is 0.214 e. The lowest BCUT2D eigenvalue weighted by molar-refractivity contribution is 0.336. The Kier molecular flexibility index (Phi) is 4.14. The first-order chi connectivity index (χ1) is 7.63. The first kappa shape index (κ1) is 12.7. The fraction of sp³-hybridized carbons (Fsp3) is 1.00. The maximum absolute atomic E-state index is 12.2. The lowest BCUT2D eigenvalue weighted by Gasteiger charge is -2.27. The zero-order valence-corrected chi connectivity index (χ0v) is 11.1. The molecular formula is C11H20ClNO2S. The third-order valence-electron chi connectivity index (χ3n) is 3.54. The van der Waals surface area contributed by atoms with Gasteiger partial charge in [0.15, 0.2) is 0 Å². The van der Waals surface area contributed by atoms with E-state index < -0.39 is 10.0 Å². The SMILES string of the molecule is O=S(=O)(CC1CC1)N(CCCl)C1CCCC1. The largest absolute Gasteiger partial charge is 0.214 e. The highest BCUT2D eigenvalue weighted by Crippen LogP contribution is 2.33. The first-order valence-corrected chi connectivity index (χ1v) is 8.33. The molecule has 0 spiro atoms. The lowest BCUT2D eigenvalue weighted by atomic mass is 10.2. The van der Waals surface area contributed by atoms with Crippen LogP contribution < -0.4 is 0 Å². The second-order valence-corrected chi connectivity index (χ2v) is 7.30. The summed E-state index contributed by atoms with van der Waals surface area (Å²) in [6.45, 7) is 0.487. The Morgan fingerprint density at radius 3 is 2.25 bits per heavy atom. The summed E-state index contributed by atoms with van der Waals surface area (Å²) >= 11 is 5.73. The van der Waals surface area contributed by atoms with E-state index >= 15 is 0 Å². The third-order valence-corrected chi connectivity index (χ3v) is 5.79. The average Bonchev–Trinajstić information content (AvgIpc) is 2.86. The summed E-state index contributed by atoms with van der Waals surface area (Å²) < 4.78 is 26.1. The van der Waals surface area contributed by atoms with Crippen molar-refractivity contribution in [3.63, 3.8) is 0 Å². The van der Waals surface area contributed by atoms with E-state index in [4.69, 9.17) is 11.6 Å². The molecule has 2 saturated carbocycles. The van der Waals surface area contributed by atoms with Crippen molar-refractivity contribution in [2.45, 2.75) is 44.6 Å². The van der Waals surface area contributed by atoms with Crippen molar-refractivity contribution in [3.8, 4) is 0 Å². The molecule has 3 nitrogen and oxygen atoms in total. The molecule has 0 atom stereocenters. The van der Waals surface area contributed by atoms with Gasteiger partial charge < -0.3 is 0 Å². The molecule has 0 aliphatic heterocycles. The van der Waals surface area contributed by atoms with Gasteiger partial charge in [-0.25, -0.2) is 8.42 Å². The fourth-order valence-corrected chi connectivity index (χ4v) is 4.94. The van der Waals surface area contributed by atoms with Crippen LogP contribution in [0.3, 0.4) is 0 Å². The van der Waals surface area contributed by atoms with Crippen LogP contribution in [0, 0.1) is 5.92 Å². The van der Waals surface area contributed by atoms with Gasteiger partial charge in [-0.2, -0.15) is 4.31 Å². The number of halogens is 1. The highest BCUT2D eigenvalue weighted by Gasteiger charge is 2.36. The van der Waals surface area contributed by atoms with E-state index in [9.17, 15) is 8.42 Å². The monoisotopic (exact) mass is 265 g/mol. The summed E-state index contributed by atoms with van der Waals surface area (Å²) in [6, 6.07) is 0.225. The van der Waals surface area contributed by atoms with Crippen LogP contribution in [0.5, 0.6) is 0 Å². The predicted octanol–water partition coefficient (Wildman–Crippen LogP) is 2.21. The van der Waals surface area contributed by atoms with Crippen LogP contribution in [0.4, 0.5) is 0 Å². The molecular weight excluding hydrogens is 246 g/mol. The van der Waals surface area contributed by atoms with Gasteiger partial charge in [-0.1, -0.05) is 12.8 Å². The van der Waals surface area contributed by atoms with E-state index in [1.807, 2.05) is 0 Å². The van der Waals surface area contributed by atoms with Gasteiger partial charge in [0.1, 0.15) is 0 Å². The van der Waals surface area contributed by atoms with Gasteiger partial charge in [0.05, 0.1) is 5.75 Å². The molecule has 0 amide bonds. The Balaban J connectivity index is 2.03. The zero-order chi connectivity index (χ0) is 11.6. The maximum atomic E-state index is 12.2. The molecule has 0 unspecified atom stereocenters. The molecule has 0 aromatic heterocycles. The minimum Gasteiger partial charge on any atom is -0.212 e. The predicted molar refractivity (Wildman–Crippen MR) is 66.2 cm³/mol. The molecule has 0 heterocycles. The first-order valence-electron chi connectivity index (χ1n) is 6.19. The number of hydrogen-bond acceptors (Lipinski definition) is 2. The van der Waals surface area contributed by atoms with Gasteiger partial charge in [-0.05, 0) is 31.6 Å². The normalized spacial score (nSPS) is 23.1. The number of nitrogens with zero attached hydrogens (tertiary/aromatic N) is 1. The van der Waals surface area contributed by atoms with Crippen LogP contribution in [0.2, 0.25) is 0 Å². The van der Waals surface area contributed by atoms with Crippen LogP contribution in [0.25, 0.3) is 0 Å². The van der Waals surface area contributed by atoms with Crippen LogP contribution in [0.1, 0.15) is 38.5 Å². The third kappa shape index (κ3) is 3.11. The highest BCUT2D eigenvalue weighted by molar-refractivity contribution is 7.89. The fourth-order valence-electron chi connectivity index (χ4n) is 2.50. The Labute approximate surface area is 103 Å². The average molecular weight is 266 g/mol. The molecule has 0 saturated heterocycles. The zero-order valence-electron chi connectivity index (χ0n) is 9.57. The van der Waals surface area contributed by atoms with Crippen molar-refractivity contribution in [1.82, 2.24) is 4.31 Å². The van der Waals surface area contributed by atoms with E-state index in [1.165, 1.54) is 0 Å². The molecule has 0 aromatic carbocycles. The molecule has 2 aliphatic carbocycles. The van der Waals surface area contributed by atoms with Crippen LogP contribution in [-0.4, -0.2) is 36.9 Å². The van der Waals surface area contributed by atoms with Crippen molar-refractivity contribution >= 4 is 21.6 Å². The molecule has 2 rings (SSSR count). The van der Waals surface area contributed by atoms with Crippen molar-refractivity contribution in [2.75, 3.05) is 18.2 Å². The molecule has 0 aromatic rings. The van der Waals surface area contributed by atoms with Gasteiger partial charge in [0.2, 0.25) is 10.0 Å². The summed E-state index contributed by atoms with van der Waals surface area (Å²) in [4.78, 5) is 0. The Morgan fingerprint density at radius 1 is 1.12 bits per heavy atom. The topological polar surface area (TPSA) is 37.4 Å². The summed E-state index contributed by atoms with van der Waals surface area (Å²) in [5.41, 5.74) is 0. The molecule has 0 N–H and O–H groups in total. The Morgan fingerprint density at radius 2 is 1.75 bits per heavy atom. The van der Waals surface area contributed by atoms with Crippen LogP contribution in [-0.2, 0) is 10.0 Å². The van der Waals surface area contributed by atoms with Crippen LogP contribution >= 0.6 is 11.6 Å². The van der Waals surface area contributed by atoms with Gasteiger partial charge in [0, 0.05) is 18.5 Å². The molecule has 5 heteroatoms. The summed E-state index contributed by atoms with van der Waals surface area (Å²) in [6.07, 6.45) is 6.50. The van der Waals surface area contributed by atoms with Gasteiger partial charge >= 0.3 is 0 Å². The van der Waals surface area contributed by atoms with Crippen molar-refractivity contribution in [1.29, 1.82) is 0 Å². The van der Waals surface area contributed by atoms with E-state index in [0.29, 0.717) is 24.1 Å². The van der Waals surface area contributed by atoms with Crippen molar-refractivity contribution < 1.29 is 8.42 Å². The minimum atomic E-state index is -3.06. The molecule has 0 radical (unpaired) electrons. The second kappa shape index (κ2) is 5.23. The lowest BCUT2D eigenvalue weighted by Crippen LogP contribution is -2.41. The molecule has 16 heavy (non-hydrogen) atoms. The van der Waals surface area contributed by atoms with Crippen molar-refractivity contribution in [3.05, 3.63) is 0 Å². The molecule has 94 valence electrons. The van der Waals surface area contributed by atoms with Gasteiger partial charge in [-0.15, -0.1) is 11.6 Å². The number of sulfonamides is 1. The quantitative estimate of drug-likeness (QED) is 0.691. The Hall–Kier alpha value is 0.200. The van der Waals surface area contributed by atoms with Crippen LogP contribution in [0.15, 0.2) is 0 Å². The number of alkyl halides is 1. The van der Waals surface area contributed by atoms with Crippen molar-refractivity contribution in [2.24, 2.45) is 5.92 Å². The molecule has 2 fully saturated rings. The van der Waals surface area contributed by atoms with E-state index in [-0.39, 0.29) is 6.04 Å². The van der Waals surface area contributed by atoms with E-state index in [0.717, 1.165) is 38.5 Å². The van der Waals surface area contributed by atoms with E-state index in [1.54, 1.807) is 4.31 Å². The number of rotatable bonds is 6. The second-order valence-electron chi connectivity index (χ2n) is 4.96. The minimum absolute atomic E-state index is 0.225. The molecule has 2 aliphatic rings.